The van der Waals surface area contributed by atoms with Crippen LogP contribution in [0.5, 0.6) is 0 Å². The molecule has 8 rings (SSSR count). The first kappa shape index (κ1) is 39.0. The van der Waals surface area contributed by atoms with Crippen LogP contribution in [0.4, 0.5) is 5.95 Å². The van der Waals surface area contributed by atoms with Gasteiger partial charge in [0.25, 0.3) is 5.91 Å². The Morgan fingerprint density at radius 2 is 1.64 bits per heavy atom. The Bertz CT molecular complexity index is 1880. The van der Waals surface area contributed by atoms with Crippen molar-refractivity contribution in [1.29, 1.82) is 0 Å². The predicted molar refractivity (Wildman–Crippen MR) is 217 cm³/mol. The molecule has 3 aliphatic heterocycles. The van der Waals surface area contributed by atoms with Gasteiger partial charge < -0.3 is 20.4 Å². The van der Waals surface area contributed by atoms with Gasteiger partial charge in [-0.25, -0.2) is 9.97 Å². The number of nitrogens with zero attached hydrogens (tertiary/aromatic N) is 6. The van der Waals surface area contributed by atoms with Crippen molar-refractivity contribution in [3.8, 4) is 11.3 Å². The molecule has 1 unspecified atom stereocenters. The Balaban J connectivity index is 0.674. The first-order chi connectivity index (χ1) is 27.3. The van der Waals surface area contributed by atoms with Crippen molar-refractivity contribution >= 4 is 35.3 Å². The fourth-order valence-electron chi connectivity index (χ4n) is 9.38. The molecule has 2 aliphatic carbocycles. The molecule has 4 fully saturated rings. The average Bonchev–Trinajstić information content (AvgIpc) is 3.88. The number of carbonyl (C=O) groups is 3. The second kappa shape index (κ2) is 17.7. The van der Waals surface area contributed by atoms with E-state index in [1.54, 1.807) is 11.1 Å². The lowest BCUT2D eigenvalue weighted by Gasteiger charge is -2.32. The number of benzene rings is 1. The van der Waals surface area contributed by atoms with E-state index in [1.807, 2.05) is 24.0 Å². The van der Waals surface area contributed by atoms with Crippen LogP contribution in [0.25, 0.3) is 11.3 Å². The van der Waals surface area contributed by atoms with E-state index in [0.717, 1.165) is 87.3 Å². The number of hydrogen-bond donors (Lipinski definition) is 3. The summed E-state index contributed by atoms with van der Waals surface area (Å²) in [6, 6.07) is 6.66. The summed E-state index contributed by atoms with van der Waals surface area (Å²) in [5, 5.41) is 14.9. The summed E-state index contributed by atoms with van der Waals surface area (Å²) in [4.78, 5) is 50.7. The van der Waals surface area contributed by atoms with E-state index >= 15 is 0 Å². The highest BCUT2D eigenvalue weighted by molar-refractivity contribution is 6.33. The van der Waals surface area contributed by atoms with Gasteiger partial charge in [-0.15, -0.1) is 0 Å². The van der Waals surface area contributed by atoms with Gasteiger partial charge in [0.2, 0.25) is 17.8 Å². The number of nitrogens with one attached hydrogen (secondary N) is 3. The van der Waals surface area contributed by atoms with Gasteiger partial charge in [-0.05, 0) is 132 Å². The van der Waals surface area contributed by atoms with Gasteiger partial charge in [0.05, 0.1) is 23.1 Å². The molecule has 13 heteroatoms. The lowest BCUT2D eigenvalue weighted by atomic mass is 9.88. The first-order valence-electron chi connectivity index (χ1n) is 21.3. The minimum atomic E-state index is -0.563. The minimum absolute atomic E-state index is 0.0986. The van der Waals surface area contributed by atoms with Crippen LogP contribution in [0.15, 0.2) is 30.6 Å². The lowest BCUT2D eigenvalue weighted by molar-refractivity contribution is -0.136. The van der Waals surface area contributed by atoms with Crippen LogP contribution in [0.2, 0.25) is 5.02 Å². The molecule has 5 aliphatic rings. The van der Waals surface area contributed by atoms with Crippen molar-refractivity contribution in [1.82, 2.24) is 40.2 Å². The number of aromatic nitrogens is 4. The lowest BCUT2D eigenvalue weighted by Crippen LogP contribution is -2.52. The zero-order chi connectivity index (χ0) is 38.6. The smallest absolute Gasteiger partial charge is 0.255 e. The maximum absolute atomic E-state index is 13.1. The summed E-state index contributed by atoms with van der Waals surface area (Å²) in [7, 11) is 2.00. The Morgan fingerprint density at radius 3 is 2.43 bits per heavy atom. The van der Waals surface area contributed by atoms with Crippen molar-refractivity contribution in [2.75, 3.05) is 31.5 Å². The molecule has 2 saturated heterocycles. The molecule has 3 N–H and O–H groups in total. The fourth-order valence-corrected chi connectivity index (χ4v) is 9.58. The molecule has 3 amide bonds. The van der Waals surface area contributed by atoms with Crippen LogP contribution in [0.1, 0.15) is 129 Å². The Kier molecular flexibility index (Phi) is 12.3. The zero-order valence-corrected chi connectivity index (χ0v) is 33.7. The number of anilines is 1. The summed E-state index contributed by atoms with van der Waals surface area (Å²) in [6.07, 6.45) is 21.1. The quantitative estimate of drug-likeness (QED) is 0.112. The van der Waals surface area contributed by atoms with Gasteiger partial charge in [0.1, 0.15) is 6.04 Å². The molecule has 1 aromatic carbocycles. The van der Waals surface area contributed by atoms with Crippen LogP contribution in [-0.4, -0.2) is 91.6 Å². The standard InChI is InChI=1S/C43H58ClN9O3/c1-51-38(23-28-7-8-28)35(25-47-51)40-36(44)26-46-43(50-40)48-33-12-10-32(11-13-33)45-19-5-3-2-4-6-20-52-21-17-29(18-22-52)30-9-14-34-31(24-30)27-53(42(34)56)37-15-16-39(54)49-41(37)55/h9,14,24-26,28-29,32-33,37,45H,2-8,10-13,15-23,27H2,1H3,(H,46,48,50)(H,49,54,55)/t32-,33-,37?. The number of likely N-dealkylation sites (tertiary alicyclic amines) is 1. The van der Waals surface area contributed by atoms with Crippen LogP contribution >= 0.6 is 11.6 Å². The maximum Gasteiger partial charge on any atom is 0.255 e. The SMILES string of the molecule is Cn1ncc(-c2nc(N[C@H]3CC[C@H](NCCCCCCCN4CCC(c5ccc6c(c5)CN(C5CCC(=O)NC5=O)C6=O)CC4)CC3)ncc2Cl)c1CC1CC1. The number of carbonyl (C=O) groups excluding carboxylic acids is 3. The molecule has 2 aromatic heterocycles. The monoisotopic (exact) mass is 783 g/mol. The molecule has 0 bridgehead atoms. The summed E-state index contributed by atoms with van der Waals surface area (Å²) < 4.78 is 1.97. The van der Waals surface area contributed by atoms with Crippen LogP contribution in [0, 0.1) is 5.92 Å². The molecule has 2 saturated carbocycles. The van der Waals surface area contributed by atoms with Gasteiger partial charge in [0.15, 0.2) is 0 Å². The summed E-state index contributed by atoms with van der Waals surface area (Å²) in [5.74, 6) is 1.20. The number of fused-ring (bicyclic) bond motifs is 1. The van der Waals surface area contributed by atoms with Crippen molar-refractivity contribution in [3.63, 3.8) is 0 Å². The van der Waals surface area contributed by atoms with Crippen molar-refractivity contribution in [3.05, 3.63) is 58.0 Å². The molecule has 5 heterocycles. The van der Waals surface area contributed by atoms with Gasteiger partial charge in [-0.3, -0.25) is 24.4 Å². The van der Waals surface area contributed by atoms with Crippen molar-refractivity contribution < 1.29 is 14.4 Å². The highest BCUT2D eigenvalue weighted by Gasteiger charge is 2.39. The number of hydrogen-bond acceptors (Lipinski definition) is 9. The molecule has 0 spiro atoms. The second-order valence-corrected chi connectivity index (χ2v) is 17.4. The number of amides is 3. The van der Waals surface area contributed by atoms with Crippen LogP contribution in [-0.2, 0) is 29.6 Å². The Labute approximate surface area is 335 Å². The minimum Gasteiger partial charge on any atom is -0.351 e. The third kappa shape index (κ3) is 9.29. The largest absolute Gasteiger partial charge is 0.351 e. The molecule has 12 nitrogen and oxygen atoms in total. The highest BCUT2D eigenvalue weighted by Crippen LogP contribution is 2.37. The van der Waals surface area contributed by atoms with Crippen LogP contribution in [0.3, 0.4) is 0 Å². The number of imide groups is 1. The van der Waals surface area contributed by atoms with E-state index in [4.69, 9.17) is 16.6 Å². The summed E-state index contributed by atoms with van der Waals surface area (Å²) in [6.45, 7) is 4.95. The van der Waals surface area contributed by atoms with Crippen molar-refractivity contribution in [2.24, 2.45) is 13.0 Å². The van der Waals surface area contributed by atoms with Gasteiger partial charge >= 0.3 is 0 Å². The number of unbranched alkanes of at least 4 members (excludes halogenated alkanes) is 4. The third-order valence-corrected chi connectivity index (χ3v) is 13.3. The van der Waals surface area contributed by atoms with Gasteiger partial charge in [-0.1, -0.05) is 43.0 Å². The van der Waals surface area contributed by atoms with Crippen LogP contribution < -0.4 is 16.0 Å². The third-order valence-electron chi connectivity index (χ3n) is 13.0. The zero-order valence-electron chi connectivity index (χ0n) is 32.9. The van der Waals surface area contributed by atoms with Gasteiger partial charge in [0, 0.05) is 48.9 Å². The highest BCUT2D eigenvalue weighted by atomic mass is 35.5. The Morgan fingerprint density at radius 1 is 0.875 bits per heavy atom. The molecule has 300 valence electrons. The normalized spacial score (nSPS) is 23.4. The molecule has 0 radical (unpaired) electrons. The first-order valence-corrected chi connectivity index (χ1v) is 21.7. The number of halogens is 1. The van der Waals surface area contributed by atoms with Crippen molar-refractivity contribution in [2.45, 2.75) is 133 Å². The maximum atomic E-state index is 13.1. The number of aryl methyl sites for hydroxylation is 1. The second-order valence-electron chi connectivity index (χ2n) is 17.0. The average molecular weight is 784 g/mol. The molecule has 1 atom stereocenters. The van der Waals surface area contributed by atoms with E-state index in [-0.39, 0.29) is 24.1 Å². The van der Waals surface area contributed by atoms with Gasteiger partial charge in [-0.2, -0.15) is 5.10 Å². The fraction of sp³-hybridized carbons (Fsp3) is 0.628. The summed E-state index contributed by atoms with van der Waals surface area (Å²) >= 11 is 6.59. The number of rotatable bonds is 16. The van der Waals surface area contributed by atoms with E-state index in [0.29, 0.717) is 47.5 Å². The van der Waals surface area contributed by atoms with E-state index < -0.39 is 6.04 Å². The van der Waals surface area contributed by atoms with E-state index in [1.165, 1.54) is 62.7 Å². The summed E-state index contributed by atoms with van der Waals surface area (Å²) in [5.41, 5.74) is 6.02. The number of piperidine rings is 2. The van der Waals surface area contributed by atoms with E-state index in [9.17, 15) is 14.4 Å². The topological polar surface area (TPSA) is 137 Å². The Hall–Kier alpha value is -3.87. The molecular weight excluding hydrogens is 726 g/mol. The predicted octanol–water partition coefficient (Wildman–Crippen LogP) is 6.39. The molecule has 56 heavy (non-hydrogen) atoms. The molecule has 3 aromatic rings. The molecular formula is C43H58ClN9O3. The van der Waals surface area contributed by atoms with E-state index in [2.05, 4.69) is 43.1 Å².